The minimum atomic E-state index is -3.70. The number of anilines is 1. The first-order valence-electron chi connectivity index (χ1n) is 8.34. The molecule has 0 saturated carbocycles. The van der Waals surface area contributed by atoms with Crippen LogP contribution in [0.4, 0.5) is 5.69 Å². The standard InChI is InChI=1S/C17H21ClN4O4S2/c1-5-22(6-2)28(24,25)11-7-8-14(26-3)13(9-11)20-16(23)15-12(18)10-19-17(21-15)27-4/h7-10H,5-6H2,1-4H3,(H,20,23). The molecule has 1 aromatic carbocycles. The number of rotatable bonds is 8. The Bertz CT molecular complexity index is 966. The van der Waals surface area contributed by atoms with E-state index in [1.54, 1.807) is 20.1 Å². The Morgan fingerprint density at radius 3 is 2.57 bits per heavy atom. The zero-order valence-electron chi connectivity index (χ0n) is 15.9. The van der Waals surface area contributed by atoms with Crippen LogP contribution < -0.4 is 10.1 Å². The topological polar surface area (TPSA) is 101 Å². The summed E-state index contributed by atoms with van der Waals surface area (Å²) in [6, 6.07) is 4.28. The van der Waals surface area contributed by atoms with Gasteiger partial charge in [0.05, 0.1) is 28.9 Å². The molecule has 1 N–H and O–H groups in total. The van der Waals surface area contributed by atoms with E-state index >= 15 is 0 Å². The second kappa shape index (κ2) is 9.55. The third-order valence-corrected chi connectivity index (χ3v) is 6.77. The number of nitrogens with zero attached hydrogens (tertiary/aromatic N) is 3. The molecule has 2 rings (SSSR count). The van der Waals surface area contributed by atoms with Crippen molar-refractivity contribution in [3.63, 3.8) is 0 Å². The average Bonchev–Trinajstić information content (AvgIpc) is 2.68. The third-order valence-electron chi connectivity index (χ3n) is 3.88. The predicted molar refractivity (Wildman–Crippen MR) is 110 cm³/mol. The van der Waals surface area contributed by atoms with Gasteiger partial charge in [-0.1, -0.05) is 37.2 Å². The molecule has 11 heteroatoms. The van der Waals surface area contributed by atoms with Crippen LogP contribution in [0.25, 0.3) is 0 Å². The molecule has 0 radical (unpaired) electrons. The van der Waals surface area contributed by atoms with Crippen LogP contribution in [0.5, 0.6) is 5.75 Å². The van der Waals surface area contributed by atoms with Gasteiger partial charge in [0.25, 0.3) is 5.91 Å². The normalized spacial score (nSPS) is 11.5. The number of sulfonamides is 1. The van der Waals surface area contributed by atoms with Gasteiger partial charge in [-0.25, -0.2) is 18.4 Å². The van der Waals surface area contributed by atoms with Crippen LogP contribution >= 0.6 is 23.4 Å². The first-order valence-corrected chi connectivity index (χ1v) is 11.4. The highest BCUT2D eigenvalue weighted by Crippen LogP contribution is 2.30. The summed E-state index contributed by atoms with van der Waals surface area (Å²) < 4.78 is 32.1. The number of amides is 1. The van der Waals surface area contributed by atoms with E-state index in [1.165, 1.54) is 47.6 Å². The monoisotopic (exact) mass is 444 g/mol. The molecule has 0 fully saturated rings. The minimum Gasteiger partial charge on any atom is -0.495 e. The van der Waals surface area contributed by atoms with Crippen molar-refractivity contribution >= 4 is 45.0 Å². The summed E-state index contributed by atoms with van der Waals surface area (Å²) >= 11 is 7.31. The molecule has 0 aliphatic rings. The quantitative estimate of drug-likeness (QED) is 0.492. The average molecular weight is 445 g/mol. The van der Waals surface area contributed by atoms with Crippen LogP contribution in [0.15, 0.2) is 34.4 Å². The molecule has 1 heterocycles. The van der Waals surface area contributed by atoms with Crippen molar-refractivity contribution in [1.82, 2.24) is 14.3 Å². The minimum absolute atomic E-state index is 0.0138. The second-order valence-corrected chi connectivity index (χ2v) is 8.58. The van der Waals surface area contributed by atoms with Crippen molar-refractivity contribution in [1.29, 1.82) is 0 Å². The van der Waals surface area contributed by atoms with Crippen molar-refractivity contribution < 1.29 is 17.9 Å². The molecule has 0 aliphatic carbocycles. The predicted octanol–water partition coefficient (Wildman–Crippen LogP) is 3.14. The smallest absolute Gasteiger partial charge is 0.276 e. The molecule has 152 valence electrons. The van der Waals surface area contributed by atoms with E-state index in [9.17, 15) is 13.2 Å². The number of hydrogen-bond donors (Lipinski definition) is 1. The summed E-state index contributed by atoms with van der Waals surface area (Å²) in [4.78, 5) is 20.8. The van der Waals surface area contributed by atoms with Crippen molar-refractivity contribution in [3.8, 4) is 5.75 Å². The molecule has 0 unspecified atom stereocenters. The van der Waals surface area contributed by atoms with Crippen molar-refractivity contribution in [2.45, 2.75) is 23.9 Å². The fourth-order valence-corrected chi connectivity index (χ4v) is 4.45. The van der Waals surface area contributed by atoms with Crippen LogP contribution in [0.2, 0.25) is 5.02 Å². The van der Waals surface area contributed by atoms with Crippen molar-refractivity contribution in [3.05, 3.63) is 35.1 Å². The SMILES string of the molecule is CCN(CC)S(=O)(=O)c1ccc(OC)c(NC(=O)c2nc(SC)ncc2Cl)c1. The fraction of sp³-hybridized carbons (Fsp3) is 0.353. The lowest BCUT2D eigenvalue weighted by molar-refractivity contribution is 0.102. The van der Waals surface area contributed by atoms with Gasteiger partial charge in [0.2, 0.25) is 10.0 Å². The molecular weight excluding hydrogens is 424 g/mol. The molecule has 1 aromatic heterocycles. The first kappa shape index (κ1) is 22.4. The molecular formula is C17H21ClN4O4S2. The van der Waals surface area contributed by atoms with E-state index in [1.807, 2.05) is 0 Å². The molecule has 1 amide bonds. The van der Waals surface area contributed by atoms with Crippen LogP contribution in [0.1, 0.15) is 24.3 Å². The molecule has 0 aliphatic heterocycles. The zero-order chi connectivity index (χ0) is 20.9. The number of methoxy groups -OCH3 is 1. The summed E-state index contributed by atoms with van der Waals surface area (Å²) in [6.07, 6.45) is 3.11. The van der Waals surface area contributed by atoms with Crippen LogP contribution in [0, 0.1) is 0 Å². The first-order chi connectivity index (χ1) is 13.3. The molecule has 2 aromatic rings. The Kier molecular flexibility index (Phi) is 7.64. The van der Waals surface area contributed by atoms with E-state index in [0.717, 1.165) is 0 Å². The van der Waals surface area contributed by atoms with E-state index in [2.05, 4.69) is 15.3 Å². The van der Waals surface area contributed by atoms with Gasteiger partial charge >= 0.3 is 0 Å². The van der Waals surface area contributed by atoms with Crippen molar-refractivity contribution in [2.75, 3.05) is 31.8 Å². The number of thioether (sulfide) groups is 1. The van der Waals surface area contributed by atoms with E-state index in [-0.39, 0.29) is 21.3 Å². The Balaban J connectivity index is 2.44. The van der Waals surface area contributed by atoms with Crippen LogP contribution in [0.3, 0.4) is 0 Å². The van der Waals surface area contributed by atoms with E-state index < -0.39 is 15.9 Å². The van der Waals surface area contributed by atoms with Crippen molar-refractivity contribution in [2.24, 2.45) is 0 Å². The largest absolute Gasteiger partial charge is 0.495 e. The maximum Gasteiger partial charge on any atom is 0.276 e. The number of benzene rings is 1. The third kappa shape index (κ3) is 4.75. The molecule has 8 nitrogen and oxygen atoms in total. The van der Waals surface area contributed by atoms with E-state index in [0.29, 0.717) is 24.0 Å². The Labute approximate surface area is 173 Å². The van der Waals surface area contributed by atoms with Gasteiger partial charge in [-0.05, 0) is 24.5 Å². The Morgan fingerprint density at radius 2 is 2.00 bits per heavy atom. The number of aromatic nitrogens is 2. The summed E-state index contributed by atoms with van der Waals surface area (Å²) in [5.74, 6) is -0.291. The molecule has 0 spiro atoms. The van der Waals surface area contributed by atoms with Gasteiger partial charge in [-0.2, -0.15) is 4.31 Å². The van der Waals surface area contributed by atoms with Gasteiger partial charge < -0.3 is 10.1 Å². The number of hydrogen-bond acceptors (Lipinski definition) is 7. The summed E-state index contributed by atoms with van der Waals surface area (Å²) in [5.41, 5.74) is 0.182. The maximum absolute atomic E-state index is 12.8. The summed E-state index contributed by atoms with van der Waals surface area (Å²) in [5, 5.41) is 3.10. The fourth-order valence-electron chi connectivity index (χ4n) is 2.45. The van der Waals surface area contributed by atoms with E-state index in [4.69, 9.17) is 16.3 Å². The van der Waals surface area contributed by atoms with Crippen LogP contribution in [-0.4, -0.2) is 55.1 Å². The van der Waals surface area contributed by atoms with Gasteiger partial charge in [-0.15, -0.1) is 0 Å². The highest BCUT2D eigenvalue weighted by molar-refractivity contribution is 7.98. The molecule has 0 bridgehead atoms. The lowest BCUT2D eigenvalue weighted by Gasteiger charge is -2.19. The Hall–Kier alpha value is -1.88. The maximum atomic E-state index is 12.8. The lowest BCUT2D eigenvalue weighted by Crippen LogP contribution is -2.30. The van der Waals surface area contributed by atoms with Gasteiger partial charge in [0, 0.05) is 13.1 Å². The number of ether oxygens (including phenoxy) is 1. The molecule has 28 heavy (non-hydrogen) atoms. The van der Waals surface area contributed by atoms with Crippen LogP contribution in [-0.2, 0) is 10.0 Å². The molecule has 0 atom stereocenters. The molecule has 0 saturated heterocycles. The number of halogens is 1. The number of carbonyl (C=O) groups is 1. The number of nitrogens with one attached hydrogen (secondary N) is 1. The number of carbonyl (C=O) groups excluding carboxylic acids is 1. The van der Waals surface area contributed by atoms with Gasteiger partial charge in [0.15, 0.2) is 10.9 Å². The van der Waals surface area contributed by atoms with Gasteiger partial charge in [0.1, 0.15) is 5.75 Å². The summed E-state index contributed by atoms with van der Waals surface area (Å²) in [6.45, 7) is 4.18. The summed E-state index contributed by atoms with van der Waals surface area (Å²) in [7, 11) is -2.27. The zero-order valence-corrected chi connectivity index (χ0v) is 18.3. The lowest BCUT2D eigenvalue weighted by atomic mass is 10.2. The Morgan fingerprint density at radius 1 is 1.32 bits per heavy atom. The second-order valence-electron chi connectivity index (χ2n) is 5.46. The highest BCUT2D eigenvalue weighted by atomic mass is 35.5. The van der Waals surface area contributed by atoms with Gasteiger partial charge in [-0.3, -0.25) is 4.79 Å². The highest BCUT2D eigenvalue weighted by Gasteiger charge is 2.24.